The van der Waals surface area contributed by atoms with Gasteiger partial charge in [-0.1, -0.05) is 12.2 Å². The summed E-state index contributed by atoms with van der Waals surface area (Å²) in [7, 11) is 0. The molecule has 0 saturated carbocycles. The second-order valence-corrected chi connectivity index (χ2v) is 2.71. The number of carboxylic acid groups (broad SMARTS) is 1. The summed E-state index contributed by atoms with van der Waals surface area (Å²) in [6.45, 7) is 5.93. The summed E-state index contributed by atoms with van der Waals surface area (Å²) in [6, 6.07) is -0.371. The number of carbonyl (C=O) groups is 2. The molecule has 0 atom stereocenters. The van der Waals surface area contributed by atoms with Gasteiger partial charge in [-0.3, -0.25) is 4.79 Å². The van der Waals surface area contributed by atoms with Crippen LogP contribution in [0.15, 0.2) is 12.2 Å². The molecule has 0 unspecified atom stereocenters. The van der Waals surface area contributed by atoms with E-state index in [1.807, 2.05) is 0 Å². The van der Waals surface area contributed by atoms with Crippen LogP contribution in [0.1, 0.15) is 13.3 Å². The molecular formula is C8H14N2O3. The van der Waals surface area contributed by atoms with Gasteiger partial charge in [0.25, 0.3) is 0 Å². The highest BCUT2D eigenvalue weighted by Gasteiger charge is 2.00. The molecule has 74 valence electrons. The zero-order valence-corrected chi connectivity index (χ0v) is 7.59. The topological polar surface area (TPSA) is 78.4 Å². The van der Waals surface area contributed by atoms with Crippen LogP contribution < -0.4 is 10.6 Å². The maximum Gasteiger partial charge on any atom is 0.315 e. The van der Waals surface area contributed by atoms with E-state index in [0.29, 0.717) is 6.54 Å². The molecule has 0 radical (unpaired) electrons. The van der Waals surface area contributed by atoms with Gasteiger partial charge in [-0.2, -0.15) is 0 Å². The third-order valence-corrected chi connectivity index (χ3v) is 1.18. The Morgan fingerprint density at radius 1 is 1.38 bits per heavy atom. The first-order chi connectivity index (χ1) is 6.02. The number of urea groups is 1. The van der Waals surface area contributed by atoms with Crippen LogP contribution in [0, 0.1) is 0 Å². The monoisotopic (exact) mass is 186 g/mol. The molecule has 0 heterocycles. The van der Waals surface area contributed by atoms with Gasteiger partial charge in [-0.25, -0.2) is 4.79 Å². The summed E-state index contributed by atoms with van der Waals surface area (Å²) >= 11 is 0. The Kier molecular flexibility index (Phi) is 5.34. The van der Waals surface area contributed by atoms with E-state index in [0.717, 1.165) is 5.57 Å². The third kappa shape index (κ3) is 8.39. The van der Waals surface area contributed by atoms with Crippen LogP contribution in [-0.4, -0.2) is 30.2 Å². The minimum absolute atomic E-state index is 0.0690. The SMILES string of the molecule is C=C(C)CNC(=O)NCCC(=O)O. The van der Waals surface area contributed by atoms with E-state index in [-0.39, 0.29) is 19.0 Å². The Hall–Kier alpha value is -1.52. The molecule has 0 aliphatic heterocycles. The average Bonchev–Trinajstić information content (AvgIpc) is 2.00. The fraction of sp³-hybridized carbons (Fsp3) is 0.500. The number of hydrogen-bond acceptors (Lipinski definition) is 2. The summed E-state index contributed by atoms with van der Waals surface area (Å²) in [5, 5.41) is 13.2. The molecule has 5 heteroatoms. The Balaban J connectivity index is 3.41. The molecule has 0 aliphatic carbocycles. The predicted octanol–water partition coefficient (Wildman–Crippen LogP) is 0.336. The van der Waals surface area contributed by atoms with Crippen LogP contribution in [-0.2, 0) is 4.79 Å². The number of amides is 2. The van der Waals surface area contributed by atoms with E-state index < -0.39 is 5.97 Å². The number of nitrogens with one attached hydrogen (secondary N) is 2. The molecule has 13 heavy (non-hydrogen) atoms. The van der Waals surface area contributed by atoms with Crippen LogP contribution in [0.2, 0.25) is 0 Å². The van der Waals surface area contributed by atoms with Crippen molar-refractivity contribution in [1.29, 1.82) is 0 Å². The lowest BCUT2D eigenvalue weighted by Crippen LogP contribution is -2.37. The minimum Gasteiger partial charge on any atom is -0.481 e. The van der Waals surface area contributed by atoms with Gasteiger partial charge in [0.05, 0.1) is 6.42 Å². The summed E-state index contributed by atoms with van der Waals surface area (Å²) in [5.41, 5.74) is 0.841. The molecule has 0 aliphatic rings. The second kappa shape index (κ2) is 6.05. The van der Waals surface area contributed by atoms with Crippen molar-refractivity contribution in [1.82, 2.24) is 10.6 Å². The molecule has 0 aromatic carbocycles. The predicted molar refractivity (Wildman–Crippen MR) is 48.5 cm³/mol. The molecule has 0 saturated heterocycles. The third-order valence-electron chi connectivity index (χ3n) is 1.18. The van der Waals surface area contributed by atoms with Crippen molar-refractivity contribution in [2.75, 3.05) is 13.1 Å². The van der Waals surface area contributed by atoms with Crippen LogP contribution in [0.3, 0.4) is 0 Å². The zero-order valence-electron chi connectivity index (χ0n) is 7.59. The van der Waals surface area contributed by atoms with E-state index in [2.05, 4.69) is 17.2 Å². The highest BCUT2D eigenvalue weighted by Crippen LogP contribution is 1.81. The second-order valence-electron chi connectivity index (χ2n) is 2.71. The van der Waals surface area contributed by atoms with E-state index >= 15 is 0 Å². The quantitative estimate of drug-likeness (QED) is 0.541. The number of carbonyl (C=O) groups excluding carboxylic acids is 1. The van der Waals surface area contributed by atoms with Crippen molar-refractivity contribution < 1.29 is 14.7 Å². The van der Waals surface area contributed by atoms with Gasteiger partial charge in [0, 0.05) is 13.1 Å². The van der Waals surface area contributed by atoms with Crippen molar-refractivity contribution in [2.24, 2.45) is 0 Å². The van der Waals surface area contributed by atoms with Gasteiger partial charge in [-0.05, 0) is 6.92 Å². The van der Waals surface area contributed by atoms with Crippen molar-refractivity contribution in [3.8, 4) is 0 Å². The first-order valence-electron chi connectivity index (χ1n) is 3.90. The van der Waals surface area contributed by atoms with Gasteiger partial charge >= 0.3 is 12.0 Å². The number of carboxylic acids is 1. The van der Waals surface area contributed by atoms with E-state index in [1.54, 1.807) is 6.92 Å². The molecule has 2 amide bonds. The van der Waals surface area contributed by atoms with E-state index in [9.17, 15) is 9.59 Å². The molecule has 0 spiro atoms. The Morgan fingerprint density at radius 2 is 2.00 bits per heavy atom. The summed E-state index contributed by atoms with van der Waals surface area (Å²) < 4.78 is 0. The summed E-state index contributed by atoms with van der Waals surface area (Å²) in [4.78, 5) is 20.9. The molecule has 0 rings (SSSR count). The Labute approximate surface area is 76.8 Å². The van der Waals surface area contributed by atoms with E-state index in [4.69, 9.17) is 5.11 Å². The van der Waals surface area contributed by atoms with Gasteiger partial charge in [0.2, 0.25) is 0 Å². The molecule has 0 aromatic rings. The lowest BCUT2D eigenvalue weighted by atomic mass is 10.3. The number of rotatable bonds is 5. The lowest BCUT2D eigenvalue weighted by molar-refractivity contribution is -0.136. The molecular weight excluding hydrogens is 172 g/mol. The first kappa shape index (κ1) is 11.5. The van der Waals surface area contributed by atoms with Crippen molar-refractivity contribution in [2.45, 2.75) is 13.3 Å². The normalized spacial score (nSPS) is 9.00. The largest absolute Gasteiger partial charge is 0.481 e. The maximum atomic E-state index is 10.9. The summed E-state index contributed by atoms with van der Waals surface area (Å²) in [6.07, 6.45) is -0.0690. The van der Waals surface area contributed by atoms with E-state index in [1.165, 1.54) is 0 Å². The highest BCUT2D eigenvalue weighted by molar-refractivity contribution is 5.75. The number of hydrogen-bond donors (Lipinski definition) is 3. The molecule has 5 nitrogen and oxygen atoms in total. The van der Waals surface area contributed by atoms with Crippen molar-refractivity contribution in [3.63, 3.8) is 0 Å². The van der Waals surface area contributed by atoms with Gasteiger partial charge < -0.3 is 15.7 Å². The number of aliphatic carboxylic acids is 1. The van der Waals surface area contributed by atoms with Crippen LogP contribution in [0.5, 0.6) is 0 Å². The van der Waals surface area contributed by atoms with Gasteiger partial charge in [0.15, 0.2) is 0 Å². The average molecular weight is 186 g/mol. The first-order valence-corrected chi connectivity index (χ1v) is 3.90. The Morgan fingerprint density at radius 3 is 2.46 bits per heavy atom. The van der Waals surface area contributed by atoms with Crippen molar-refractivity contribution in [3.05, 3.63) is 12.2 Å². The van der Waals surface area contributed by atoms with Crippen LogP contribution in [0.4, 0.5) is 4.79 Å². The van der Waals surface area contributed by atoms with Gasteiger partial charge in [0.1, 0.15) is 0 Å². The molecule has 3 N–H and O–H groups in total. The van der Waals surface area contributed by atoms with Crippen LogP contribution >= 0.6 is 0 Å². The molecule has 0 fully saturated rings. The minimum atomic E-state index is -0.930. The molecule has 0 bridgehead atoms. The molecule has 0 aromatic heterocycles. The zero-order chi connectivity index (χ0) is 10.3. The fourth-order valence-corrected chi connectivity index (χ4v) is 0.577. The fourth-order valence-electron chi connectivity index (χ4n) is 0.577. The summed E-state index contributed by atoms with van der Waals surface area (Å²) in [5.74, 6) is -0.930. The van der Waals surface area contributed by atoms with Crippen LogP contribution in [0.25, 0.3) is 0 Å². The highest BCUT2D eigenvalue weighted by atomic mass is 16.4. The van der Waals surface area contributed by atoms with Crippen molar-refractivity contribution >= 4 is 12.0 Å². The standard InChI is InChI=1S/C8H14N2O3/c1-6(2)5-10-8(13)9-4-3-7(11)12/h1,3-5H2,2H3,(H,11,12)(H2,9,10,13). The maximum absolute atomic E-state index is 10.9. The smallest absolute Gasteiger partial charge is 0.315 e. The lowest BCUT2D eigenvalue weighted by Gasteiger charge is -2.05. The Bertz CT molecular complexity index is 213. The van der Waals surface area contributed by atoms with Gasteiger partial charge in [-0.15, -0.1) is 0 Å².